The van der Waals surface area contributed by atoms with Gasteiger partial charge in [-0.3, -0.25) is 4.79 Å². The predicted molar refractivity (Wildman–Crippen MR) is 89.4 cm³/mol. The van der Waals surface area contributed by atoms with E-state index in [-0.39, 0.29) is 5.91 Å². The SMILES string of the molecule is CN(Cc1nc2ccccc2s1)C(=O)/C=C/c1cccs1. The Morgan fingerprint density at radius 1 is 1.29 bits per heavy atom. The summed E-state index contributed by atoms with van der Waals surface area (Å²) in [5.74, 6) is -0.0114. The molecule has 0 N–H and O–H groups in total. The Morgan fingerprint density at radius 3 is 2.90 bits per heavy atom. The van der Waals surface area contributed by atoms with Crippen LogP contribution in [0.3, 0.4) is 0 Å². The van der Waals surface area contributed by atoms with Gasteiger partial charge in [-0.05, 0) is 29.7 Å². The summed E-state index contributed by atoms with van der Waals surface area (Å²) in [5, 5.41) is 2.95. The van der Waals surface area contributed by atoms with Crippen molar-refractivity contribution >= 4 is 44.9 Å². The van der Waals surface area contributed by atoms with Crippen LogP contribution in [0, 0.1) is 0 Å². The monoisotopic (exact) mass is 314 g/mol. The fraction of sp³-hybridized carbons (Fsp3) is 0.125. The molecule has 0 unspecified atom stereocenters. The van der Waals surface area contributed by atoms with E-state index in [2.05, 4.69) is 11.1 Å². The maximum absolute atomic E-state index is 12.1. The number of hydrogen-bond donors (Lipinski definition) is 0. The van der Waals surface area contributed by atoms with E-state index in [0.717, 1.165) is 20.1 Å². The number of aromatic nitrogens is 1. The Morgan fingerprint density at radius 2 is 2.14 bits per heavy atom. The van der Waals surface area contributed by atoms with Gasteiger partial charge in [0.15, 0.2) is 0 Å². The minimum atomic E-state index is -0.0114. The molecule has 0 aliphatic heterocycles. The fourth-order valence-electron chi connectivity index (χ4n) is 1.94. The van der Waals surface area contributed by atoms with Gasteiger partial charge in [0.25, 0.3) is 0 Å². The molecule has 0 aliphatic carbocycles. The number of carbonyl (C=O) groups is 1. The second-order valence-electron chi connectivity index (χ2n) is 4.62. The second-order valence-corrected chi connectivity index (χ2v) is 6.71. The van der Waals surface area contributed by atoms with Gasteiger partial charge < -0.3 is 4.90 Å². The Kier molecular flexibility index (Phi) is 4.13. The lowest BCUT2D eigenvalue weighted by Gasteiger charge is -2.12. The number of thiazole rings is 1. The van der Waals surface area contributed by atoms with Crippen molar-refractivity contribution in [2.75, 3.05) is 7.05 Å². The summed E-state index contributed by atoms with van der Waals surface area (Å²) in [6, 6.07) is 12.0. The van der Waals surface area contributed by atoms with E-state index in [1.54, 1.807) is 40.7 Å². The smallest absolute Gasteiger partial charge is 0.246 e. The van der Waals surface area contributed by atoms with Gasteiger partial charge in [0, 0.05) is 18.0 Å². The topological polar surface area (TPSA) is 33.2 Å². The van der Waals surface area contributed by atoms with Gasteiger partial charge in [-0.1, -0.05) is 18.2 Å². The summed E-state index contributed by atoms with van der Waals surface area (Å²) < 4.78 is 1.16. The summed E-state index contributed by atoms with van der Waals surface area (Å²) in [4.78, 5) is 19.4. The van der Waals surface area contributed by atoms with E-state index < -0.39 is 0 Å². The number of hydrogen-bond acceptors (Lipinski definition) is 4. The van der Waals surface area contributed by atoms with E-state index in [9.17, 15) is 4.79 Å². The van der Waals surface area contributed by atoms with E-state index in [0.29, 0.717) is 6.54 Å². The van der Waals surface area contributed by atoms with Crippen molar-refractivity contribution in [3.05, 3.63) is 57.7 Å². The van der Waals surface area contributed by atoms with Gasteiger partial charge in [0.2, 0.25) is 5.91 Å². The van der Waals surface area contributed by atoms with Crippen LogP contribution >= 0.6 is 22.7 Å². The van der Waals surface area contributed by atoms with E-state index in [1.165, 1.54) is 0 Å². The summed E-state index contributed by atoms with van der Waals surface area (Å²) in [7, 11) is 1.80. The Hall–Kier alpha value is -1.98. The number of benzene rings is 1. The molecule has 3 nitrogen and oxygen atoms in total. The van der Waals surface area contributed by atoms with Crippen LogP contribution in [0.15, 0.2) is 47.9 Å². The zero-order valence-electron chi connectivity index (χ0n) is 11.5. The van der Waals surface area contributed by atoms with Crippen molar-refractivity contribution < 1.29 is 4.79 Å². The summed E-state index contributed by atoms with van der Waals surface area (Å²) in [5.41, 5.74) is 0.993. The number of thiophene rings is 1. The first kappa shape index (κ1) is 14.0. The molecule has 5 heteroatoms. The van der Waals surface area contributed by atoms with Crippen molar-refractivity contribution in [3.8, 4) is 0 Å². The third-order valence-electron chi connectivity index (χ3n) is 3.02. The van der Waals surface area contributed by atoms with Gasteiger partial charge in [0.05, 0.1) is 16.8 Å². The maximum Gasteiger partial charge on any atom is 0.246 e. The molecule has 0 radical (unpaired) electrons. The Balaban J connectivity index is 1.67. The van der Waals surface area contributed by atoms with Gasteiger partial charge in [0.1, 0.15) is 5.01 Å². The molecular weight excluding hydrogens is 300 g/mol. The van der Waals surface area contributed by atoms with Crippen molar-refractivity contribution in [1.29, 1.82) is 0 Å². The number of para-hydroxylation sites is 1. The molecule has 1 aromatic carbocycles. The summed E-state index contributed by atoms with van der Waals surface area (Å²) >= 11 is 3.25. The Bertz CT molecular complexity index is 742. The average molecular weight is 314 g/mol. The van der Waals surface area contributed by atoms with Crippen LogP contribution < -0.4 is 0 Å². The van der Waals surface area contributed by atoms with Crippen LogP contribution in [0.5, 0.6) is 0 Å². The predicted octanol–water partition coefficient (Wildman–Crippen LogP) is 4.03. The highest BCUT2D eigenvalue weighted by atomic mass is 32.1. The van der Waals surface area contributed by atoms with Crippen LogP contribution in [0.2, 0.25) is 0 Å². The number of likely N-dealkylation sites (N-methyl/N-ethyl adjacent to an activating group) is 1. The normalized spacial score (nSPS) is 11.3. The lowest BCUT2D eigenvalue weighted by molar-refractivity contribution is -0.125. The van der Waals surface area contributed by atoms with Gasteiger partial charge in [-0.25, -0.2) is 4.98 Å². The average Bonchev–Trinajstić information content (AvgIpc) is 3.13. The maximum atomic E-state index is 12.1. The quantitative estimate of drug-likeness (QED) is 0.681. The molecule has 2 aromatic heterocycles. The molecule has 0 atom stereocenters. The van der Waals surface area contributed by atoms with Gasteiger partial charge in [-0.15, -0.1) is 22.7 Å². The number of nitrogens with zero attached hydrogens (tertiary/aromatic N) is 2. The second kappa shape index (κ2) is 6.20. The van der Waals surface area contributed by atoms with Crippen LogP contribution in [-0.2, 0) is 11.3 Å². The third kappa shape index (κ3) is 3.37. The van der Waals surface area contributed by atoms with E-state index >= 15 is 0 Å². The van der Waals surface area contributed by atoms with Crippen LogP contribution in [0.1, 0.15) is 9.88 Å². The standard InChI is InChI=1S/C16H14N2OS2/c1-18(16(19)9-8-12-5-4-10-20-12)11-15-17-13-6-2-3-7-14(13)21-15/h2-10H,11H2,1H3/b9-8+. The van der Waals surface area contributed by atoms with E-state index in [4.69, 9.17) is 0 Å². The zero-order chi connectivity index (χ0) is 14.7. The molecule has 0 spiro atoms. The highest BCUT2D eigenvalue weighted by Crippen LogP contribution is 2.22. The lowest BCUT2D eigenvalue weighted by Crippen LogP contribution is -2.23. The van der Waals surface area contributed by atoms with Crippen molar-refractivity contribution in [2.24, 2.45) is 0 Å². The summed E-state index contributed by atoms with van der Waals surface area (Å²) in [6.07, 6.45) is 3.46. The van der Waals surface area contributed by atoms with Gasteiger partial charge in [-0.2, -0.15) is 0 Å². The van der Waals surface area contributed by atoms with Crippen molar-refractivity contribution in [2.45, 2.75) is 6.54 Å². The number of carbonyl (C=O) groups excluding carboxylic acids is 1. The molecule has 1 amide bonds. The number of amides is 1. The minimum Gasteiger partial charge on any atom is -0.335 e. The van der Waals surface area contributed by atoms with Crippen LogP contribution in [0.25, 0.3) is 16.3 Å². The number of rotatable bonds is 4. The first-order valence-corrected chi connectivity index (χ1v) is 8.23. The number of fused-ring (bicyclic) bond motifs is 1. The zero-order valence-corrected chi connectivity index (χ0v) is 13.2. The van der Waals surface area contributed by atoms with Crippen molar-refractivity contribution in [3.63, 3.8) is 0 Å². The lowest BCUT2D eigenvalue weighted by atomic mass is 10.3. The molecule has 0 saturated carbocycles. The molecule has 0 aliphatic rings. The molecule has 2 heterocycles. The third-order valence-corrected chi connectivity index (χ3v) is 4.88. The van der Waals surface area contributed by atoms with E-state index in [1.807, 2.05) is 41.8 Å². The molecular formula is C16H14N2OS2. The molecule has 0 bridgehead atoms. The first-order valence-electron chi connectivity index (χ1n) is 6.53. The molecule has 0 saturated heterocycles. The summed E-state index contributed by atoms with van der Waals surface area (Å²) in [6.45, 7) is 0.535. The molecule has 21 heavy (non-hydrogen) atoms. The van der Waals surface area contributed by atoms with Gasteiger partial charge >= 0.3 is 0 Å². The minimum absolute atomic E-state index is 0.0114. The fourth-order valence-corrected chi connectivity index (χ4v) is 3.57. The molecule has 106 valence electrons. The van der Waals surface area contributed by atoms with Crippen LogP contribution in [-0.4, -0.2) is 22.8 Å². The Labute approximate surface area is 131 Å². The van der Waals surface area contributed by atoms with Crippen molar-refractivity contribution in [1.82, 2.24) is 9.88 Å². The highest BCUT2D eigenvalue weighted by Gasteiger charge is 2.09. The first-order chi connectivity index (χ1) is 10.2. The molecule has 0 fully saturated rings. The largest absolute Gasteiger partial charge is 0.335 e. The molecule has 3 rings (SSSR count). The highest BCUT2D eigenvalue weighted by molar-refractivity contribution is 7.18. The van der Waals surface area contributed by atoms with Crippen LogP contribution in [0.4, 0.5) is 0 Å². The molecule has 3 aromatic rings.